The number of benzene rings is 1. The van der Waals surface area contributed by atoms with Crippen LogP contribution in [0.15, 0.2) is 28.7 Å². The van der Waals surface area contributed by atoms with E-state index in [0.717, 1.165) is 16.6 Å². The van der Waals surface area contributed by atoms with Crippen molar-refractivity contribution >= 4 is 21.8 Å². The van der Waals surface area contributed by atoms with Crippen molar-refractivity contribution in [3.05, 3.63) is 34.3 Å². The predicted molar refractivity (Wildman–Crippen MR) is 68.4 cm³/mol. The van der Waals surface area contributed by atoms with Gasteiger partial charge in [0.2, 0.25) is 5.91 Å². The van der Waals surface area contributed by atoms with E-state index in [9.17, 15) is 4.79 Å². The second kappa shape index (κ2) is 5.62. The van der Waals surface area contributed by atoms with Gasteiger partial charge in [-0.1, -0.05) is 34.1 Å². The summed E-state index contributed by atoms with van der Waals surface area (Å²) in [4.78, 5) is 13.4. The Morgan fingerprint density at radius 3 is 3.00 bits per heavy atom. The van der Waals surface area contributed by atoms with Crippen LogP contribution in [-0.2, 0) is 16.1 Å². The van der Waals surface area contributed by atoms with E-state index in [1.54, 1.807) is 0 Å². The number of nitrogens with zero attached hydrogens (tertiary/aromatic N) is 1. The van der Waals surface area contributed by atoms with Gasteiger partial charge < -0.3 is 10.5 Å². The highest BCUT2D eigenvalue weighted by molar-refractivity contribution is 9.10. The van der Waals surface area contributed by atoms with Gasteiger partial charge in [-0.2, -0.15) is 0 Å². The highest BCUT2D eigenvalue weighted by atomic mass is 79.9. The van der Waals surface area contributed by atoms with Crippen LogP contribution in [0.2, 0.25) is 0 Å². The van der Waals surface area contributed by atoms with Gasteiger partial charge in [-0.25, -0.2) is 0 Å². The highest BCUT2D eigenvalue weighted by Crippen LogP contribution is 2.20. The molecule has 0 saturated carbocycles. The summed E-state index contributed by atoms with van der Waals surface area (Å²) in [5.74, 6) is -0.322. The number of carbonyl (C=O) groups excluding carboxylic acids is 1. The van der Waals surface area contributed by atoms with Crippen LogP contribution in [0, 0.1) is 0 Å². The number of nitrogens with two attached hydrogens (primary N) is 1. The number of ether oxygens (including phenoxy) is 1. The minimum Gasteiger partial charge on any atom is -0.378 e. The molecule has 4 nitrogen and oxygen atoms in total. The van der Waals surface area contributed by atoms with Gasteiger partial charge in [0.1, 0.15) is 6.04 Å². The first kappa shape index (κ1) is 12.5. The van der Waals surface area contributed by atoms with Gasteiger partial charge in [0.05, 0.1) is 13.2 Å². The molecule has 5 heteroatoms. The molecule has 2 N–H and O–H groups in total. The molecule has 0 aromatic heterocycles. The van der Waals surface area contributed by atoms with E-state index >= 15 is 0 Å². The first-order valence-corrected chi connectivity index (χ1v) is 6.32. The third-order valence-electron chi connectivity index (χ3n) is 2.90. The van der Waals surface area contributed by atoms with Crippen LogP contribution in [0.25, 0.3) is 0 Å². The maximum atomic E-state index is 11.3. The molecule has 0 aliphatic carbocycles. The van der Waals surface area contributed by atoms with Crippen molar-refractivity contribution in [3.8, 4) is 0 Å². The van der Waals surface area contributed by atoms with Gasteiger partial charge in [0.15, 0.2) is 0 Å². The molecule has 1 unspecified atom stereocenters. The van der Waals surface area contributed by atoms with Crippen LogP contribution in [0.3, 0.4) is 0 Å². The van der Waals surface area contributed by atoms with E-state index in [1.165, 1.54) is 0 Å². The second-order valence-electron chi connectivity index (χ2n) is 4.05. The van der Waals surface area contributed by atoms with Gasteiger partial charge in [-0.15, -0.1) is 0 Å². The summed E-state index contributed by atoms with van der Waals surface area (Å²) in [5.41, 5.74) is 6.53. The van der Waals surface area contributed by atoms with Crippen molar-refractivity contribution in [1.29, 1.82) is 0 Å². The lowest BCUT2D eigenvalue weighted by Gasteiger charge is -2.33. The van der Waals surface area contributed by atoms with Gasteiger partial charge in [0, 0.05) is 17.6 Å². The van der Waals surface area contributed by atoms with Gasteiger partial charge in [-0.05, 0) is 11.6 Å². The molecule has 1 aromatic rings. The number of amides is 1. The molecule has 17 heavy (non-hydrogen) atoms. The van der Waals surface area contributed by atoms with Crippen LogP contribution < -0.4 is 5.73 Å². The molecule has 92 valence electrons. The molecular formula is C12H15BrN2O2. The summed E-state index contributed by atoms with van der Waals surface area (Å²) in [6, 6.07) is 7.67. The van der Waals surface area contributed by atoms with Crippen molar-refractivity contribution < 1.29 is 9.53 Å². The van der Waals surface area contributed by atoms with E-state index in [4.69, 9.17) is 10.5 Å². The number of hydrogen-bond donors (Lipinski definition) is 1. The largest absolute Gasteiger partial charge is 0.378 e. The minimum absolute atomic E-state index is 0.322. The standard InChI is InChI=1S/C12H15BrN2O2/c13-10-4-2-1-3-9(10)7-15-5-6-17-8-11(15)12(14)16/h1-4,11H,5-8H2,(H2,14,16). The molecule has 0 bridgehead atoms. The zero-order valence-electron chi connectivity index (χ0n) is 9.43. The summed E-state index contributed by atoms with van der Waals surface area (Å²) in [7, 11) is 0. The zero-order chi connectivity index (χ0) is 12.3. The molecule has 2 rings (SSSR count). The van der Waals surface area contributed by atoms with Crippen LogP contribution in [0.1, 0.15) is 5.56 Å². The van der Waals surface area contributed by atoms with Crippen molar-refractivity contribution in [1.82, 2.24) is 4.90 Å². The smallest absolute Gasteiger partial charge is 0.237 e. The van der Waals surface area contributed by atoms with E-state index in [1.807, 2.05) is 24.3 Å². The first-order valence-electron chi connectivity index (χ1n) is 5.53. The summed E-state index contributed by atoms with van der Waals surface area (Å²) in [6.07, 6.45) is 0. The van der Waals surface area contributed by atoms with Crippen LogP contribution >= 0.6 is 15.9 Å². The number of morpholine rings is 1. The van der Waals surface area contributed by atoms with Crippen molar-refractivity contribution in [2.24, 2.45) is 5.73 Å². The predicted octanol–water partition coefficient (Wildman–Crippen LogP) is 1.14. The summed E-state index contributed by atoms with van der Waals surface area (Å²) < 4.78 is 6.34. The maximum Gasteiger partial charge on any atom is 0.237 e. The van der Waals surface area contributed by atoms with E-state index in [-0.39, 0.29) is 11.9 Å². The maximum absolute atomic E-state index is 11.3. The Morgan fingerprint density at radius 1 is 1.53 bits per heavy atom. The number of carbonyl (C=O) groups is 1. The van der Waals surface area contributed by atoms with Crippen LogP contribution in [0.4, 0.5) is 0 Å². The fraction of sp³-hybridized carbons (Fsp3) is 0.417. The molecule has 0 radical (unpaired) electrons. The minimum atomic E-state index is -0.323. The van der Waals surface area contributed by atoms with E-state index in [0.29, 0.717) is 19.8 Å². The van der Waals surface area contributed by atoms with Gasteiger partial charge in [-0.3, -0.25) is 9.69 Å². The molecular weight excluding hydrogens is 284 g/mol. The van der Waals surface area contributed by atoms with E-state index < -0.39 is 0 Å². The monoisotopic (exact) mass is 298 g/mol. The third kappa shape index (κ3) is 3.06. The Kier molecular flexibility index (Phi) is 4.15. The average molecular weight is 299 g/mol. The van der Waals surface area contributed by atoms with E-state index in [2.05, 4.69) is 20.8 Å². The fourth-order valence-electron chi connectivity index (χ4n) is 1.93. The van der Waals surface area contributed by atoms with Gasteiger partial charge >= 0.3 is 0 Å². The first-order chi connectivity index (χ1) is 8.18. The fourth-order valence-corrected chi connectivity index (χ4v) is 2.34. The average Bonchev–Trinajstić information content (AvgIpc) is 2.32. The Labute approximate surface area is 109 Å². The molecule has 1 fully saturated rings. The third-order valence-corrected chi connectivity index (χ3v) is 3.67. The quantitative estimate of drug-likeness (QED) is 0.910. The number of rotatable bonds is 3. The molecule has 1 aliphatic rings. The topological polar surface area (TPSA) is 55.6 Å². The Balaban J connectivity index is 2.11. The number of hydrogen-bond acceptors (Lipinski definition) is 3. The van der Waals surface area contributed by atoms with Crippen LogP contribution in [-0.4, -0.2) is 36.6 Å². The number of primary amides is 1. The molecule has 1 amide bonds. The highest BCUT2D eigenvalue weighted by Gasteiger charge is 2.27. The summed E-state index contributed by atoms with van der Waals surface area (Å²) in [6.45, 7) is 2.47. The van der Waals surface area contributed by atoms with Crippen LogP contribution in [0.5, 0.6) is 0 Å². The van der Waals surface area contributed by atoms with Gasteiger partial charge in [0.25, 0.3) is 0 Å². The zero-order valence-corrected chi connectivity index (χ0v) is 11.0. The molecule has 1 atom stereocenters. The summed E-state index contributed by atoms with van der Waals surface area (Å²) >= 11 is 3.51. The summed E-state index contributed by atoms with van der Waals surface area (Å²) in [5, 5.41) is 0. The Hall–Kier alpha value is -0.910. The Bertz CT molecular complexity index is 411. The molecule has 0 spiro atoms. The normalized spacial score (nSPS) is 21.4. The Morgan fingerprint density at radius 2 is 2.29 bits per heavy atom. The second-order valence-corrected chi connectivity index (χ2v) is 4.91. The molecule has 1 saturated heterocycles. The lowest BCUT2D eigenvalue weighted by Crippen LogP contribution is -2.51. The lowest BCUT2D eigenvalue weighted by atomic mass is 10.1. The number of halogens is 1. The van der Waals surface area contributed by atoms with Crippen molar-refractivity contribution in [2.45, 2.75) is 12.6 Å². The lowest BCUT2D eigenvalue weighted by molar-refractivity contribution is -0.129. The SMILES string of the molecule is NC(=O)C1COCCN1Cc1ccccc1Br. The molecule has 1 aromatic carbocycles. The molecule has 1 aliphatic heterocycles. The van der Waals surface area contributed by atoms with Crippen molar-refractivity contribution in [3.63, 3.8) is 0 Å². The van der Waals surface area contributed by atoms with Crippen molar-refractivity contribution in [2.75, 3.05) is 19.8 Å². The molecule has 1 heterocycles.